The Hall–Kier alpha value is -4.93. The summed E-state index contributed by atoms with van der Waals surface area (Å²) < 4.78 is 5.69. The van der Waals surface area contributed by atoms with E-state index in [1.54, 1.807) is 9.03 Å². The van der Waals surface area contributed by atoms with Crippen LogP contribution in [0.2, 0.25) is 0 Å². The summed E-state index contributed by atoms with van der Waals surface area (Å²) in [5, 5.41) is 23.5. The number of hydrogen-bond donors (Lipinski definition) is 1. The van der Waals surface area contributed by atoms with Crippen molar-refractivity contribution in [2.75, 3.05) is 61.6 Å². The van der Waals surface area contributed by atoms with Crippen molar-refractivity contribution in [1.29, 1.82) is 0 Å². The Morgan fingerprint density at radius 2 is 1.22 bits per heavy atom. The van der Waals surface area contributed by atoms with Crippen LogP contribution in [0.25, 0.3) is 54.6 Å². The fourth-order valence-electron chi connectivity index (χ4n) is 7.51. The van der Waals surface area contributed by atoms with Crippen LogP contribution in [-0.4, -0.2) is 108 Å². The summed E-state index contributed by atoms with van der Waals surface area (Å²) in [5.74, 6) is 0. The number of nitrogens with zero attached hydrogens (tertiary/aromatic N) is 9. The van der Waals surface area contributed by atoms with Gasteiger partial charge < -0.3 is 19.0 Å². The molecule has 242 valence electrons. The monoisotopic (exact) mass is 664 g/mol. The molecule has 2 radical (unpaired) electrons. The van der Waals surface area contributed by atoms with Gasteiger partial charge >= 0.3 is 16.5 Å². The molecule has 0 unspecified atom stereocenters. The first-order valence-corrected chi connectivity index (χ1v) is 17.3. The van der Waals surface area contributed by atoms with Gasteiger partial charge in [0.1, 0.15) is 22.1 Å². The molecule has 0 saturated carbocycles. The smallest absolute Gasteiger partial charge is 0.310 e. The molecular weight excluding hydrogens is 631 g/mol. The first kappa shape index (κ1) is 30.2. The lowest BCUT2D eigenvalue weighted by molar-refractivity contribution is 0.132. The second kappa shape index (κ2) is 12.2. The fraction of sp³-hybridized carbons (Fsp3) is 0.278. The van der Waals surface area contributed by atoms with Crippen LogP contribution < -0.4 is 20.1 Å². The van der Waals surface area contributed by atoms with Crippen LogP contribution in [0.5, 0.6) is 0 Å². The second-order valence-electron chi connectivity index (χ2n) is 12.9. The first-order chi connectivity index (χ1) is 24.1. The lowest BCUT2D eigenvalue weighted by atomic mass is 10.1. The molecule has 1 fully saturated rings. The number of anilines is 2. The van der Waals surface area contributed by atoms with Gasteiger partial charge in [0.05, 0.1) is 21.8 Å². The molecule has 9 rings (SSSR count). The zero-order chi connectivity index (χ0) is 33.1. The van der Waals surface area contributed by atoms with E-state index in [9.17, 15) is 9.59 Å². The summed E-state index contributed by atoms with van der Waals surface area (Å²) >= 11 is 2.82. The SMILES string of the molecule is O=c1c2ccccc2n2nnc3ccc(NCCCN4CCN(CCC[N]([Al])c5ccc6nnn7c8ccccc8c(=O)c5c67)CC4)c1c32. The molecule has 0 atom stereocenters. The zero-order valence-corrected chi connectivity index (χ0v) is 28.1. The van der Waals surface area contributed by atoms with Gasteiger partial charge in [0.2, 0.25) is 0 Å². The van der Waals surface area contributed by atoms with E-state index in [2.05, 4.69) is 56.1 Å². The van der Waals surface area contributed by atoms with Crippen molar-refractivity contribution >= 4 is 82.5 Å². The van der Waals surface area contributed by atoms with Crippen molar-refractivity contribution < 1.29 is 0 Å². The lowest BCUT2D eigenvalue weighted by Crippen LogP contribution is -2.47. The molecule has 49 heavy (non-hydrogen) atoms. The summed E-state index contributed by atoms with van der Waals surface area (Å²) in [6.45, 7) is 7.73. The van der Waals surface area contributed by atoms with E-state index in [-0.39, 0.29) is 10.9 Å². The van der Waals surface area contributed by atoms with Crippen molar-refractivity contribution in [1.82, 2.24) is 39.5 Å². The van der Waals surface area contributed by atoms with E-state index in [0.717, 1.165) is 110 Å². The molecule has 13 heteroatoms. The van der Waals surface area contributed by atoms with Gasteiger partial charge in [-0.15, -0.1) is 10.2 Å². The van der Waals surface area contributed by atoms with E-state index in [1.165, 1.54) is 0 Å². The maximum absolute atomic E-state index is 13.6. The molecular formula is C36H33AlN10O2. The molecule has 4 aromatic heterocycles. The molecule has 1 saturated heterocycles. The number of fused-ring (bicyclic) bond motifs is 4. The van der Waals surface area contributed by atoms with Gasteiger partial charge in [-0.1, -0.05) is 34.7 Å². The summed E-state index contributed by atoms with van der Waals surface area (Å²) in [4.78, 5) is 32.2. The molecule has 1 aliphatic rings. The number of benzene rings is 4. The van der Waals surface area contributed by atoms with Crippen LogP contribution in [0.4, 0.5) is 11.4 Å². The number of nitrogens with one attached hydrogen (secondary N) is 1. The molecule has 1 aliphatic heterocycles. The Kier molecular flexibility index (Phi) is 7.50. The largest absolute Gasteiger partial charge is 0.478 e. The minimum atomic E-state index is 0.0131. The molecule has 0 spiro atoms. The molecule has 0 amide bonds. The van der Waals surface area contributed by atoms with Crippen molar-refractivity contribution in [3.63, 3.8) is 0 Å². The minimum absolute atomic E-state index is 0.0131. The van der Waals surface area contributed by atoms with Crippen molar-refractivity contribution in [3.05, 3.63) is 93.2 Å². The topological polar surface area (TPSA) is 116 Å². The van der Waals surface area contributed by atoms with Gasteiger partial charge in [-0.05, 0) is 81.0 Å². The predicted molar refractivity (Wildman–Crippen MR) is 195 cm³/mol. The second-order valence-corrected chi connectivity index (χ2v) is 13.5. The third kappa shape index (κ3) is 5.04. The Morgan fingerprint density at radius 3 is 1.88 bits per heavy atom. The lowest BCUT2D eigenvalue weighted by Gasteiger charge is -2.35. The number of aromatic nitrogens is 6. The van der Waals surface area contributed by atoms with Crippen LogP contribution in [-0.2, 0) is 0 Å². The van der Waals surface area contributed by atoms with Gasteiger partial charge in [0, 0.05) is 54.9 Å². The minimum Gasteiger partial charge on any atom is -0.478 e. The van der Waals surface area contributed by atoms with Crippen LogP contribution in [0.15, 0.2) is 82.4 Å². The van der Waals surface area contributed by atoms with E-state index in [1.807, 2.05) is 72.8 Å². The van der Waals surface area contributed by atoms with Crippen LogP contribution in [0.3, 0.4) is 0 Å². The Bertz CT molecular complexity index is 2600. The quantitative estimate of drug-likeness (QED) is 0.133. The van der Waals surface area contributed by atoms with Crippen LogP contribution in [0, 0.1) is 0 Å². The highest BCUT2D eigenvalue weighted by molar-refractivity contribution is 6.21. The standard InChI is InChI=1S/C36H34N10O2.Al/c47-35-23-7-1-3-9-29(23)45-33-27(39-41-45)13-11-25(31(33)35)37-15-5-17-43-19-21-44(22-20-43)18-6-16-38-26-12-14-28-34-32(26)36(48)24-8-2-4-10-30(24)46(34)42-40-28;/h1-4,7-14H,5-6,15-22H2,(H2,37,38,41,42,47,48);/q;+1/p-1. The molecule has 1 N–H and O–H groups in total. The molecule has 5 heterocycles. The maximum atomic E-state index is 13.6. The van der Waals surface area contributed by atoms with Crippen molar-refractivity contribution in [2.24, 2.45) is 0 Å². The number of piperazine rings is 1. The Labute approximate surface area is 288 Å². The summed E-state index contributed by atoms with van der Waals surface area (Å²) in [7, 11) is 0. The van der Waals surface area contributed by atoms with Gasteiger partial charge in [-0.2, -0.15) is 0 Å². The van der Waals surface area contributed by atoms with Crippen molar-refractivity contribution in [3.8, 4) is 0 Å². The molecule has 8 aromatic rings. The number of hydrogen-bond acceptors (Lipinski definition) is 10. The average Bonchev–Trinajstić information content (AvgIpc) is 3.78. The van der Waals surface area contributed by atoms with Gasteiger partial charge in [0.25, 0.3) is 0 Å². The number of pyridine rings is 2. The van der Waals surface area contributed by atoms with Gasteiger partial charge in [-0.3, -0.25) is 9.59 Å². The van der Waals surface area contributed by atoms with Gasteiger partial charge in [0.15, 0.2) is 10.9 Å². The highest BCUT2D eigenvalue weighted by Crippen LogP contribution is 2.30. The van der Waals surface area contributed by atoms with E-state index >= 15 is 0 Å². The molecule has 0 aliphatic carbocycles. The molecule has 12 nitrogen and oxygen atoms in total. The molecule has 4 aromatic carbocycles. The number of rotatable bonds is 10. The van der Waals surface area contributed by atoms with Crippen molar-refractivity contribution in [2.45, 2.75) is 12.8 Å². The Balaban J connectivity index is 0.785. The summed E-state index contributed by atoms with van der Waals surface area (Å²) in [5.41, 5.74) is 6.32. The average molecular weight is 665 g/mol. The van der Waals surface area contributed by atoms with E-state index in [4.69, 9.17) is 0 Å². The summed E-state index contributed by atoms with van der Waals surface area (Å²) in [6, 6.07) is 23.0. The van der Waals surface area contributed by atoms with Gasteiger partial charge in [-0.25, -0.2) is 9.03 Å². The summed E-state index contributed by atoms with van der Waals surface area (Å²) in [6.07, 6.45) is 1.96. The highest BCUT2D eigenvalue weighted by atomic mass is 27.1. The third-order valence-corrected chi connectivity index (χ3v) is 10.6. The third-order valence-electron chi connectivity index (χ3n) is 10.0. The van der Waals surface area contributed by atoms with Crippen LogP contribution in [0.1, 0.15) is 12.8 Å². The predicted octanol–water partition coefficient (Wildman–Crippen LogP) is 3.38. The highest BCUT2D eigenvalue weighted by Gasteiger charge is 2.21. The van der Waals surface area contributed by atoms with E-state index in [0.29, 0.717) is 21.5 Å². The molecule has 0 bridgehead atoms. The normalized spacial score (nSPS) is 14.8. The first-order valence-electron chi connectivity index (χ1n) is 16.8. The number of para-hydroxylation sites is 2. The zero-order valence-electron chi connectivity index (χ0n) is 26.9. The maximum Gasteiger partial charge on any atom is 0.310 e. The van der Waals surface area contributed by atoms with Crippen LogP contribution >= 0.6 is 0 Å². The fourth-order valence-corrected chi connectivity index (χ4v) is 7.91. The van der Waals surface area contributed by atoms with E-state index < -0.39 is 0 Å². The Morgan fingerprint density at radius 1 is 0.673 bits per heavy atom.